The summed E-state index contributed by atoms with van der Waals surface area (Å²) >= 11 is 4.76. The van der Waals surface area contributed by atoms with Gasteiger partial charge in [0.15, 0.2) is 0 Å². The van der Waals surface area contributed by atoms with E-state index in [1.165, 1.54) is 15.7 Å². The molecule has 0 unspecified atom stereocenters. The number of hydrogen-bond acceptors (Lipinski definition) is 1. The molecule has 2 radical (unpaired) electrons. The summed E-state index contributed by atoms with van der Waals surface area (Å²) in [6.45, 7) is 0. The van der Waals surface area contributed by atoms with E-state index in [9.17, 15) is 0 Å². The maximum absolute atomic E-state index is 4.76. The number of hydrogen-bond donors (Lipinski definition) is 0. The molecule has 1 rings (SSSR count). The predicted octanol–water partition coefficient (Wildman–Crippen LogP) is 2.88. The number of rotatable bonds is 1. The molecule has 2 heteroatoms. The van der Waals surface area contributed by atoms with E-state index in [1.807, 2.05) is 12.2 Å². The van der Waals surface area contributed by atoms with Crippen LogP contribution in [0.3, 0.4) is 0 Å². The zero-order valence-electron chi connectivity index (χ0n) is 4.33. The maximum Gasteiger partial charge on any atom is 0.0148 e. The third-order valence-electron chi connectivity index (χ3n) is 0.948. The van der Waals surface area contributed by atoms with E-state index in [1.54, 1.807) is 0 Å². The second kappa shape index (κ2) is 3.25. The molecule has 0 N–H and O–H groups in total. The standard InChI is InChI=1S/C6H6S2/c7-8-6-4-2-1-3-5-6/h1-2,4-5H,3H2. The quantitative estimate of drug-likeness (QED) is 0.507. The smallest absolute Gasteiger partial charge is 0.0148 e. The first-order chi connectivity index (χ1) is 3.93. The van der Waals surface area contributed by atoms with Crippen LogP contribution >= 0.6 is 22.5 Å². The molecule has 0 atom stereocenters. The molecule has 0 saturated carbocycles. The third kappa shape index (κ3) is 1.60. The van der Waals surface area contributed by atoms with E-state index in [2.05, 4.69) is 12.5 Å². The van der Waals surface area contributed by atoms with E-state index in [0.717, 1.165) is 6.42 Å². The van der Waals surface area contributed by atoms with Gasteiger partial charge in [-0.25, -0.2) is 0 Å². The van der Waals surface area contributed by atoms with Gasteiger partial charge < -0.3 is 0 Å². The minimum absolute atomic E-state index is 1.04. The molecule has 0 aromatic carbocycles. The molecule has 1 aliphatic carbocycles. The van der Waals surface area contributed by atoms with Gasteiger partial charge in [-0.3, -0.25) is 0 Å². The summed E-state index contributed by atoms with van der Waals surface area (Å²) in [5.74, 6) is 0. The fraction of sp³-hybridized carbons (Fsp3) is 0.167. The van der Waals surface area contributed by atoms with E-state index in [-0.39, 0.29) is 0 Å². The first-order valence-electron chi connectivity index (χ1n) is 2.43. The fourth-order valence-electron chi connectivity index (χ4n) is 0.555. The molecular formula is C6H6S2. The summed E-state index contributed by atoms with van der Waals surface area (Å²) in [6, 6.07) is 0. The van der Waals surface area contributed by atoms with Crippen LogP contribution in [0.5, 0.6) is 0 Å². The SMILES string of the molecule is [S]SC1=CC[CH]C=C1. The van der Waals surface area contributed by atoms with Crippen molar-refractivity contribution in [3.63, 3.8) is 0 Å². The molecule has 42 valence electrons. The summed E-state index contributed by atoms with van der Waals surface area (Å²) in [5.41, 5.74) is 0. The van der Waals surface area contributed by atoms with Gasteiger partial charge in [-0.15, -0.1) is 0 Å². The fourth-order valence-corrected chi connectivity index (χ4v) is 1.22. The van der Waals surface area contributed by atoms with Crippen molar-refractivity contribution in [2.45, 2.75) is 6.42 Å². The van der Waals surface area contributed by atoms with Crippen molar-refractivity contribution in [1.29, 1.82) is 0 Å². The Kier molecular flexibility index (Phi) is 2.56. The van der Waals surface area contributed by atoms with E-state index in [4.69, 9.17) is 11.7 Å². The van der Waals surface area contributed by atoms with Crippen molar-refractivity contribution < 1.29 is 0 Å². The topological polar surface area (TPSA) is 0 Å². The van der Waals surface area contributed by atoms with Crippen molar-refractivity contribution in [3.05, 3.63) is 29.6 Å². The van der Waals surface area contributed by atoms with Gasteiger partial charge in [-0.1, -0.05) is 18.2 Å². The largest absolute Gasteiger partial charge is 0.0794 e. The lowest BCUT2D eigenvalue weighted by molar-refractivity contribution is 1.26. The zero-order chi connectivity index (χ0) is 5.82. The highest BCUT2D eigenvalue weighted by Gasteiger charge is 1.93. The van der Waals surface area contributed by atoms with Crippen LogP contribution in [0.2, 0.25) is 0 Å². The van der Waals surface area contributed by atoms with Crippen LogP contribution in [-0.4, -0.2) is 0 Å². The molecule has 0 aromatic rings. The van der Waals surface area contributed by atoms with Crippen LogP contribution in [0.1, 0.15) is 6.42 Å². The highest BCUT2D eigenvalue weighted by Crippen LogP contribution is 2.23. The Morgan fingerprint density at radius 3 is 2.88 bits per heavy atom. The summed E-state index contributed by atoms with van der Waals surface area (Å²) in [6.07, 6.45) is 9.33. The zero-order valence-corrected chi connectivity index (χ0v) is 5.97. The first-order valence-corrected chi connectivity index (χ1v) is 4.17. The van der Waals surface area contributed by atoms with Crippen LogP contribution in [-0.2, 0) is 0 Å². The highest BCUT2D eigenvalue weighted by atomic mass is 33.1. The minimum Gasteiger partial charge on any atom is -0.0794 e. The summed E-state index contributed by atoms with van der Waals surface area (Å²) in [4.78, 5) is 1.20. The Morgan fingerprint density at radius 2 is 2.50 bits per heavy atom. The average molecular weight is 142 g/mol. The van der Waals surface area contributed by atoms with Crippen molar-refractivity contribution in [2.24, 2.45) is 0 Å². The second-order valence-corrected chi connectivity index (χ2v) is 2.66. The van der Waals surface area contributed by atoms with Gasteiger partial charge in [0, 0.05) is 4.91 Å². The summed E-state index contributed by atoms with van der Waals surface area (Å²) < 4.78 is 0. The molecule has 0 nitrogen and oxygen atoms in total. The lowest BCUT2D eigenvalue weighted by atomic mass is 10.2. The van der Waals surface area contributed by atoms with Gasteiger partial charge >= 0.3 is 0 Å². The molecule has 8 heavy (non-hydrogen) atoms. The van der Waals surface area contributed by atoms with E-state index in [0.29, 0.717) is 0 Å². The highest BCUT2D eigenvalue weighted by molar-refractivity contribution is 8.70. The average Bonchev–Trinajstić information content (AvgIpc) is 1.90. The Labute approximate surface area is 58.9 Å². The van der Waals surface area contributed by atoms with Crippen LogP contribution in [0.4, 0.5) is 0 Å². The van der Waals surface area contributed by atoms with Crippen molar-refractivity contribution >= 4 is 22.5 Å². The van der Waals surface area contributed by atoms with Gasteiger partial charge in [0.05, 0.1) is 0 Å². The molecule has 0 aliphatic heterocycles. The van der Waals surface area contributed by atoms with Crippen molar-refractivity contribution in [3.8, 4) is 0 Å². The maximum atomic E-state index is 4.76. The van der Waals surface area contributed by atoms with Crippen molar-refractivity contribution in [2.75, 3.05) is 0 Å². The second-order valence-electron chi connectivity index (χ2n) is 1.52. The molecule has 1 aliphatic rings. The van der Waals surface area contributed by atoms with Crippen LogP contribution < -0.4 is 0 Å². The monoisotopic (exact) mass is 142 g/mol. The van der Waals surface area contributed by atoms with Gasteiger partial charge in [-0.2, -0.15) is 0 Å². The Morgan fingerprint density at radius 1 is 1.62 bits per heavy atom. The normalized spacial score (nSPS) is 18.4. The Balaban J connectivity index is 2.51. The minimum atomic E-state index is 1.04. The Bertz CT molecular complexity index is 124. The molecule has 0 bridgehead atoms. The van der Waals surface area contributed by atoms with Gasteiger partial charge in [-0.05, 0) is 35.3 Å². The molecule has 0 spiro atoms. The number of allylic oxidation sites excluding steroid dienone is 3. The van der Waals surface area contributed by atoms with Crippen LogP contribution in [0.15, 0.2) is 23.1 Å². The predicted molar refractivity (Wildman–Crippen MR) is 41.3 cm³/mol. The van der Waals surface area contributed by atoms with Crippen LogP contribution in [0, 0.1) is 6.42 Å². The Hall–Kier alpha value is 0.180. The summed E-state index contributed by atoms with van der Waals surface area (Å²) in [5, 5.41) is 0. The molecule has 0 aromatic heterocycles. The van der Waals surface area contributed by atoms with Gasteiger partial charge in [0.25, 0.3) is 0 Å². The molecule has 0 amide bonds. The first kappa shape index (κ1) is 6.30. The van der Waals surface area contributed by atoms with Gasteiger partial charge in [0.2, 0.25) is 0 Å². The van der Waals surface area contributed by atoms with E-state index < -0.39 is 0 Å². The summed E-state index contributed by atoms with van der Waals surface area (Å²) in [7, 11) is 1.38. The molecule has 0 heterocycles. The lowest BCUT2D eigenvalue weighted by Crippen LogP contribution is -1.76. The molecule has 0 saturated heterocycles. The third-order valence-corrected chi connectivity index (χ3v) is 2.02. The molecule has 0 fully saturated rings. The molecular weight excluding hydrogens is 136 g/mol. The van der Waals surface area contributed by atoms with Gasteiger partial charge in [0.1, 0.15) is 0 Å². The van der Waals surface area contributed by atoms with Crippen LogP contribution in [0.25, 0.3) is 0 Å². The lowest BCUT2D eigenvalue weighted by Gasteiger charge is -1.98. The van der Waals surface area contributed by atoms with Crippen molar-refractivity contribution in [1.82, 2.24) is 0 Å². The van der Waals surface area contributed by atoms with E-state index >= 15 is 0 Å².